The zero-order valence-corrected chi connectivity index (χ0v) is 12.3. The second-order valence-electron chi connectivity index (χ2n) is 4.69. The van der Waals surface area contributed by atoms with Gasteiger partial charge in [-0.1, -0.05) is 32.9 Å². The zero-order valence-electron chi connectivity index (χ0n) is 11.4. The number of benzene rings is 1. The Hall–Kier alpha value is -0.980. The van der Waals surface area contributed by atoms with Crippen molar-refractivity contribution in [2.45, 2.75) is 32.2 Å². The number of nitrogens with zero attached hydrogens (tertiary/aromatic N) is 1. The van der Waals surface area contributed by atoms with E-state index in [1.807, 2.05) is 11.8 Å². The molecule has 0 spiro atoms. The molecule has 0 saturated heterocycles. The first-order chi connectivity index (χ1) is 8.67. The Kier molecular flexibility index (Phi) is 6.85. The third-order valence-corrected chi connectivity index (χ3v) is 3.79. The molecule has 0 amide bonds. The van der Waals surface area contributed by atoms with Gasteiger partial charge in [-0.2, -0.15) is 5.26 Å². The van der Waals surface area contributed by atoms with E-state index in [1.54, 1.807) is 0 Å². The Morgan fingerprint density at radius 3 is 2.44 bits per heavy atom. The molecule has 18 heavy (non-hydrogen) atoms. The summed E-state index contributed by atoms with van der Waals surface area (Å²) in [5.41, 5.74) is 1.27. The van der Waals surface area contributed by atoms with Gasteiger partial charge in [-0.05, 0) is 29.4 Å². The van der Waals surface area contributed by atoms with E-state index in [0.29, 0.717) is 5.92 Å². The molecule has 1 rings (SSSR count). The molecule has 1 atom stereocenters. The van der Waals surface area contributed by atoms with E-state index < -0.39 is 0 Å². The minimum Gasteiger partial charge on any atom is -0.311 e. The van der Waals surface area contributed by atoms with Crippen molar-refractivity contribution in [1.82, 2.24) is 5.32 Å². The summed E-state index contributed by atoms with van der Waals surface area (Å²) >= 11 is 1.86. The van der Waals surface area contributed by atoms with Crippen molar-refractivity contribution < 1.29 is 0 Å². The van der Waals surface area contributed by atoms with E-state index in [4.69, 9.17) is 5.26 Å². The van der Waals surface area contributed by atoms with Gasteiger partial charge in [0, 0.05) is 18.0 Å². The fourth-order valence-electron chi connectivity index (χ4n) is 1.67. The molecule has 1 aromatic carbocycles. The van der Waals surface area contributed by atoms with Gasteiger partial charge in [0.25, 0.3) is 0 Å². The molecule has 0 aliphatic rings. The molecule has 2 nitrogen and oxygen atoms in total. The van der Waals surface area contributed by atoms with Crippen molar-refractivity contribution in [2.75, 3.05) is 12.3 Å². The van der Waals surface area contributed by atoms with Crippen LogP contribution in [0.15, 0.2) is 29.2 Å². The SMILES string of the molecule is CCSc1ccc(CNCC(C#N)C(C)C)cc1. The second-order valence-corrected chi connectivity index (χ2v) is 6.02. The second kappa shape index (κ2) is 8.18. The van der Waals surface area contributed by atoms with Crippen molar-refractivity contribution in [3.63, 3.8) is 0 Å². The number of rotatable bonds is 7. The van der Waals surface area contributed by atoms with E-state index in [-0.39, 0.29) is 5.92 Å². The molecule has 0 bridgehead atoms. The molecule has 0 fully saturated rings. The Bertz CT molecular complexity index is 378. The summed E-state index contributed by atoms with van der Waals surface area (Å²) in [7, 11) is 0. The molecule has 98 valence electrons. The summed E-state index contributed by atoms with van der Waals surface area (Å²) in [5.74, 6) is 1.61. The summed E-state index contributed by atoms with van der Waals surface area (Å²) < 4.78 is 0. The third-order valence-electron chi connectivity index (χ3n) is 2.90. The van der Waals surface area contributed by atoms with Crippen LogP contribution in [0.4, 0.5) is 0 Å². The smallest absolute Gasteiger partial charge is 0.0671 e. The molecule has 1 unspecified atom stereocenters. The molecule has 3 heteroatoms. The average Bonchev–Trinajstić information content (AvgIpc) is 2.36. The minimum atomic E-state index is 0.0971. The van der Waals surface area contributed by atoms with Crippen LogP contribution in [-0.2, 0) is 6.54 Å². The highest BCUT2D eigenvalue weighted by Gasteiger charge is 2.11. The lowest BCUT2D eigenvalue weighted by Crippen LogP contribution is -2.24. The molecule has 0 radical (unpaired) electrons. The van der Waals surface area contributed by atoms with Gasteiger partial charge in [0.1, 0.15) is 0 Å². The largest absolute Gasteiger partial charge is 0.311 e. The maximum Gasteiger partial charge on any atom is 0.0671 e. The first-order valence-electron chi connectivity index (χ1n) is 6.49. The zero-order chi connectivity index (χ0) is 13.4. The highest BCUT2D eigenvalue weighted by Crippen LogP contribution is 2.17. The lowest BCUT2D eigenvalue weighted by Gasteiger charge is -2.13. The summed E-state index contributed by atoms with van der Waals surface area (Å²) in [5, 5.41) is 12.4. The predicted molar refractivity (Wildman–Crippen MR) is 78.5 cm³/mol. The van der Waals surface area contributed by atoms with E-state index in [9.17, 15) is 0 Å². The fraction of sp³-hybridized carbons (Fsp3) is 0.533. The first-order valence-corrected chi connectivity index (χ1v) is 7.48. The summed E-state index contributed by atoms with van der Waals surface area (Å²) in [6, 6.07) is 11.0. The number of hydrogen-bond acceptors (Lipinski definition) is 3. The van der Waals surface area contributed by atoms with Crippen LogP contribution in [0.1, 0.15) is 26.3 Å². The molecule has 0 aliphatic heterocycles. The van der Waals surface area contributed by atoms with Crippen molar-refractivity contribution in [1.29, 1.82) is 5.26 Å². The van der Waals surface area contributed by atoms with Gasteiger partial charge in [-0.15, -0.1) is 11.8 Å². The Morgan fingerprint density at radius 1 is 1.28 bits per heavy atom. The minimum absolute atomic E-state index is 0.0971. The molecule has 0 heterocycles. The van der Waals surface area contributed by atoms with Crippen LogP contribution in [0.3, 0.4) is 0 Å². The highest BCUT2D eigenvalue weighted by atomic mass is 32.2. The number of nitriles is 1. The van der Waals surface area contributed by atoms with E-state index in [0.717, 1.165) is 18.8 Å². The maximum absolute atomic E-state index is 9.00. The normalized spacial score (nSPS) is 12.4. The van der Waals surface area contributed by atoms with E-state index in [1.165, 1.54) is 10.5 Å². The first kappa shape index (κ1) is 15.1. The molecule has 1 aromatic rings. The summed E-state index contributed by atoms with van der Waals surface area (Å²) in [6.45, 7) is 7.94. The van der Waals surface area contributed by atoms with Gasteiger partial charge >= 0.3 is 0 Å². The van der Waals surface area contributed by atoms with Crippen LogP contribution in [0.5, 0.6) is 0 Å². The molecule has 0 saturated carbocycles. The predicted octanol–water partition coefficient (Wildman–Crippen LogP) is 3.68. The number of hydrogen-bond donors (Lipinski definition) is 1. The topological polar surface area (TPSA) is 35.8 Å². The van der Waals surface area contributed by atoms with Gasteiger partial charge < -0.3 is 5.32 Å². The van der Waals surface area contributed by atoms with Gasteiger partial charge in [0.2, 0.25) is 0 Å². The third kappa shape index (κ3) is 5.12. The lowest BCUT2D eigenvalue weighted by atomic mass is 9.97. The Morgan fingerprint density at radius 2 is 1.94 bits per heavy atom. The quantitative estimate of drug-likeness (QED) is 0.761. The maximum atomic E-state index is 9.00. The lowest BCUT2D eigenvalue weighted by molar-refractivity contribution is 0.442. The monoisotopic (exact) mass is 262 g/mol. The average molecular weight is 262 g/mol. The molecule has 1 N–H and O–H groups in total. The Labute approximate surface area is 115 Å². The van der Waals surface area contributed by atoms with Crippen molar-refractivity contribution >= 4 is 11.8 Å². The van der Waals surface area contributed by atoms with Gasteiger partial charge in [0.05, 0.1) is 12.0 Å². The van der Waals surface area contributed by atoms with Crippen LogP contribution in [0.2, 0.25) is 0 Å². The number of nitrogens with one attached hydrogen (secondary N) is 1. The van der Waals surface area contributed by atoms with Crippen molar-refractivity contribution in [3.05, 3.63) is 29.8 Å². The molecular formula is C15H22N2S. The summed E-state index contributed by atoms with van der Waals surface area (Å²) in [4.78, 5) is 1.32. The molecule has 0 aromatic heterocycles. The molecule has 0 aliphatic carbocycles. The summed E-state index contributed by atoms with van der Waals surface area (Å²) in [6.07, 6.45) is 0. The number of thioether (sulfide) groups is 1. The van der Waals surface area contributed by atoms with Crippen molar-refractivity contribution in [2.24, 2.45) is 11.8 Å². The highest BCUT2D eigenvalue weighted by molar-refractivity contribution is 7.99. The van der Waals surface area contributed by atoms with Gasteiger partial charge in [0.15, 0.2) is 0 Å². The standard InChI is InChI=1S/C15H22N2S/c1-4-18-15-7-5-13(6-8-15)10-17-11-14(9-16)12(2)3/h5-8,12,14,17H,4,10-11H2,1-3H3. The van der Waals surface area contributed by atoms with Gasteiger partial charge in [-0.3, -0.25) is 0 Å². The van der Waals surface area contributed by atoms with Crippen molar-refractivity contribution in [3.8, 4) is 6.07 Å². The van der Waals surface area contributed by atoms with E-state index in [2.05, 4.69) is 56.4 Å². The van der Waals surface area contributed by atoms with Gasteiger partial charge in [-0.25, -0.2) is 0 Å². The Balaban J connectivity index is 2.37. The van der Waals surface area contributed by atoms with Crippen LogP contribution in [-0.4, -0.2) is 12.3 Å². The fourth-order valence-corrected chi connectivity index (χ4v) is 2.33. The van der Waals surface area contributed by atoms with Crippen LogP contribution in [0.25, 0.3) is 0 Å². The van der Waals surface area contributed by atoms with Crippen LogP contribution >= 0.6 is 11.8 Å². The van der Waals surface area contributed by atoms with Crippen LogP contribution < -0.4 is 5.32 Å². The van der Waals surface area contributed by atoms with Crippen LogP contribution in [0, 0.1) is 23.2 Å². The molecular weight excluding hydrogens is 240 g/mol. The van der Waals surface area contributed by atoms with E-state index >= 15 is 0 Å².